The van der Waals surface area contributed by atoms with Crippen LogP contribution in [0.1, 0.15) is 13.8 Å². The van der Waals surface area contributed by atoms with E-state index in [1.54, 1.807) is 0 Å². The first-order valence-electron chi connectivity index (χ1n) is 4.64. The minimum Gasteiger partial charge on any atom is -0.399 e. The summed E-state index contributed by atoms with van der Waals surface area (Å²) in [6.07, 6.45) is 12.0. The topological polar surface area (TPSA) is 38.0 Å². The number of nitrogens with two attached hydrogens (primary N) is 1. The van der Waals surface area contributed by atoms with Crippen LogP contribution in [-0.2, 0) is 0 Å². The van der Waals surface area contributed by atoms with Crippen molar-refractivity contribution in [3.63, 3.8) is 0 Å². The summed E-state index contributed by atoms with van der Waals surface area (Å²) < 4.78 is 0. The highest BCUT2D eigenvalue weighted by Gasteiger charge is 2.12. The van der Waals surface area contributed by atoms with Gasteiger partial charge in [-0.15, -0.1) is 0 Å². The highest BCUT2D eigenvalue weighted by atomic mass is 14.9. The fourth-order valence-electron chi connectivity index (χ4n) is 1.27. The van der Waals surface area contributed by atoms with Gasteiger partial charge < -0.3 is 11.1 Å². The van der Waals surface area contributed by atoms with E-state index < -0.39 is 0 Å². The van der Waals surface area contributed by atoms with Crippen LogP contribution in [0.25, 0.3) is 0 Å². The Kier molecular flexibility index (Phi) is 3.38. The summed E-state index contributed by atoms with van der Waals surface area (Å²) >= 11 is 0. The average molecular weight is 176 g/mol. The molecule has 0 aromatic rings. The predicted molar refractivity (Wildman–Crippen MR) is 56.9 cm³/mol. The third-order valence-electron chi connectivity index (χ3n) is 1.83. The fourth-order valence-corrected chi connectivity index (χ4v) is 1.27. The number of rotatable bonds is 0. The second-order valence-electron chi connectivity index (χ2n) is 2.67. The van der Waals surface area contributed by atoms with Gasteiger partial charge in [-0.05, 0) is 30.0 Å². The van der Waals surface area contributed by atoms with Crippen molar-refractivity contribution in [1.82, 2.24) is 5.32 Å². The Hall–Kier alpha value is -1.44. The molecule has 13 heavy (non-hydrogen) atoms. The number of dihydropyridines is 1. The largest absolute Gasteiger partial charge is 0.399 e. The lowest BCUT2D eigenvalue weighted by Gasteiger charge is -2.20. The highest BCUT2D eigenvalue weighted by molar-refractivity contribution is 5.43. The number of nitrogens with one attached hydrogen (secondary N) is 1. The van der Waals surface area contributed by atoms with Gasteiger partial charge in [0.25, 0.3) is 0 Å². The van der Waals surface area contributed by atoms with Crippen LogP contribution >= 0.6 is 0 Å². The van der Waals surface area contributed by atoms with Crippen LogP contribution in [-0.4, -0.2) is 6.04 Å². The smallest absolute Gasteiger partial charge is 0.0697 e. The number of fused-ring (bicyclic) bond motifs is 1. The van der Waals surface area contributed by atoms with Crippen molar-refractivity contribution in [3.05, 3.63) is 47.9 Å². The van der Waals surface area contributed by atoms with Crippen LogP contribution in [0.4, 0.5) is 0 Å². The summed E-state index contributed by atoms with van der Waals surface area (Å²) in [6, 6.07) is 0.326. The first-order chi connectivity index (χ1) is 6.36. The molecule has 0 aromatic carbocycles. The third-order valence-corrected chi connectivity index (χ3v) is 1.83. The van der Waals surface area contributed by atoms with E-state index in [1.807, 2.05) is 38.3 Å². The molecular formula is C11H16N2. The molecule has 1 atom stereocenters. The Morgan fingerprint density at radius 2 is 2.15 bits per heavy atom. The first kappa shape index (κ1) is 9.65. The molecule has 0 amide bonds. The van der Waals surface area contributed by atoms with Gasteiger partial charge in [-0.2, -0.15) is 0 Å². The lowest BCUT2D eigenvalue weighted by molar-refractivity contribution is 0.790. The molecule has 0 radical (unpaired) electrons. The summed E-state index contributed by atoms with van der Waals surface area (Å²) in [5.41, 5.74) is 7.68. The van der Waals surface area contributed by atoms with Gasteiger partial charge in [-0.25, -0.2) is 0 Å². The zero-order valence-corrected chi connectivity index (χ0v) is 8.12. The van der Waals surface area contributed by atoms with E-state index in [2.05, 4.69) is 17.5 Å². The molecule has 1 aliphatic heterocycles. The number of hydrogen-bond donors (Lipinski definition) is 2. The Morgan fingerprint density at radius 1 is 1.38 bits per heavy atom. The van der Waals surface area contributed by atoms with Crippen molar-refractivity contribution in [3.8, 4) is 0 Å². The molecule has 1 aliphatic carbocycles. The van der Waals surface area contributed by atoms with Gasteiger partial charge in [0.05, 0.1) is 6.04 Å². The minimum absolute atomic E-state index is 0.326. The van der Waals surface area contributed by atoms with Crippen molar-refractivity contribution in [1.29, 1.82) is 0 Å². The van der Waals surface area contributed by atoms with Gasteiger partial charge in [0.1, 0.15) is 0 Å². The molecule has 1 heterocycles. The van der Waals surface area contributed by atoms with Gasteiger partial charge in [-0.1, -0.05) is 26.0 Å². The van der Waals surface area contributed by atoms with Gasteiger partial charge in [0, 0.05) is 5.70 Å². The van der Waals surface area contributed by atoms with E-state index in [0.717, 1.165) is 5.70 Å². The summed E-state index contributed by atoms with van der Waals surface area (Å²) in [5, 5.41) is 3.21. The van der Waals surface area contributed by atoms with Crippen LogP contribution in [0.5, 0.6) is 0 Å². The van der Waals surface area contributed by atoms with E-state index in [1.165, 1.54) is 5.57 Å². The molecule has 2 rings (SSSR count). The van der Waals surface area contributed by atoms with Crippen molar-refractivity contribution >= 4 is 0 Å². The molecule has 0 aromatic heterocycles. The molecule has 0 saturated carbocycles. The fraction of sp³-hybridized carbons (Fsp3) is 0.273. The molecule has 70 valence electrons. The quantitative estimate of drug-likeness (QED) is 0.591. The van der Waals surface area contributed by atoms with Crippen LogP contribution in [0.2, 0.25) is 0 Å². The van der Waals surface area contributed by atoms with E-state index in [-0.39, 0.29) is 0 Å². The second kappa shape index (κ2) is 4.55. The molecule has 0 saturated heterocycles. The van der Waals surface area contributed by atoms with Crippen molar-refractivity contribution in [2.24, 2.45) is 5.73 Å². The standard InChI is InChI=1S/C9H10N2.C2H6/c10-8-3-4-9-7(6-8)2-1-5-11-9;1-2/h1-6,9,11H,10H2;1-2H3. The van der Waals surface area contributed by atoms with Crippen molar-refractivity contribution in [2.75, 3.05) is 0 Å². The van der Waals surface area contributed by atoms with Gasteiger partial charge >= 0.3 is 0 Å². The van der Waals surface area contributed by atoms with Crippen LogP contribution in [0, 0.1) is 0 Å². The Bertz CT molecular complexity index is 282. The van der Waals surface area contributed by atoms with E-state index in [0.29, 0.717) is 6.04 Å². The first-order valence-corrected chi connectivity index (χ1v) is 4.64. The normalized spacial score (nSPS) is 23.1. The maximum atomic E-state index is 5.62. The number of hydrogen-bond acceptors (Lipinski definition) is 2. The minimum atomic E-state index is 0.326. The average Bonchev–Trinajstić information content (AvgIpc) is 2.21. The van der Waals surface area contributed by atoms with Crippen LogP contribution in [0.3, 0.4) is 0 Å². The lowest BCUT2D eigenvalue weighted by Crippen LogP contribution is -2.27. The number of allylic oxidation sites excluding steroid dienone is 3. The maximum Gasteiger partial charge on any atom is 0.0697 e. The van der Waals surface area contributed by atoms with Gasteiger partial charge in [0.15, 0.2) is 0 Å². The zero-order valence-electron chi connectivity index (χ0n) is 8.12. The molecule has 3 N–H and O–H groups in total. The zero-order chi connectivity index (χ0) is 9.68. The molecule has 1 unspecified atom stereocenters. The molecular weight excluding hydrogens is 160 g/mol. The maximum absolute atomic E-state index is 5.62. The molecule has 2 nitrogen and oxygen atoms in total. The third kappa shape index (κ3) is 2.25. The molecule has 2 aliphatic rings. The Labute approximate surface area is 79.5 Å². The molecule has 0 bridgehead atoms. The van der Waals surface area contributed by atoms with Crippen LogP contribution < -0.4 is 11.1 Å². The summed E-state index contributed by atoms with van der Waals surface area (Å²) in [5.74, 6) is 0. The summed E-state index contributed by atoms with van der Waals surface area (Å²) in [7, 11) is 0. The summed E-state index contributed by atoms with van der Waals surface area (Å²) in [4.78, 5) is 0. The Morgan fingerprint density at radius 3 is 2.92 bits per heavy atom. The second-order valence-corrected chi connectivity index (χ2v) is 2.67. The van der Waals surface area contributed by atoms with Crippen molar-refractivity contribution in [2.45, 2.75) is 19.9 Å². The van der Waals surface area contributed by atoms with E-state index in [9.17, 15) is 0 Å². The molecule has 0 spiro atoms. The van der Waals surface area contributed by atoms with E-state index in [4.69, 9.17) is 5.73 Å². The monoisotopic (exact) mass is 176 g/mol. The molecule has 2 heteroatoms. The predicted octanol–water partition coefficient (Wildman–Crippen LogP) is 1.84. The van der Waals surface area contributed by atoms with Gasteiger partial charge in [0.2, 0.25) is 0 Å². The van der Waals surface area contributed by atoms with Crippen molar-refractivity contribution < 1.29 is 0 Å². The summed E-state index contributed by atoms with van der Waals surface area (Å²) in [6.45, 7) is 4.00. The van der Waals surface area contributed by atoms with Crippen LogP contribution in [0.15, 0.2) is 47.9 Å². The highest BCUT2D eigenvalue weighted by Crippen LogP contribution is 2.16. The SMILES string of the molecule is CC.NC1=CC2=CC=CNC2C=C1. The Balaban J connectivity index is 0.000000396. The lowest BCUT2D eigenvalue weighted by atomic mass is 9.99. The van der Waals surface area contributed by atoms with Gasteiger partial charge in [-0.3, -0.25) is 0 Å². The van der Waals surface area contributed by atoms with E-state index >= 15 is 0 Å². The molecule has 0 fully saturated rings.